The molecule has 19 heteroatoms. The van der Waals surface area contributed by atoms with E-state index >= 15 is 0 Å². The summed E-state index contributed by atoms with van der Waals surface area (Å²) in [5.74, 6) is 6.50. The Kier molecular flexibility index (Phi) is 17.3. The van der Waals surface area contributed by atoms with Gasteiger partial charge in [-0.1, -0.05) is 70.2 Å². The van der Waals surface area contributed by atoms with Crippen LogP contribution in [0.15, 0.2) is 116 Å². The number of fused-ring (bicyclic) bond motifs is 6. The van der Waals surface area contributed by atoms with Gasteiger partial charge in [-0.25, -0.2) is 4.98 Å². The number of H-pyrrole nitrogens is 1. The maximum absolute atomic E-state index is 12.3. The SMILES string of the molecule is C1CCOC1.Clc1ccc2c(c1)CCc1cccnc1C#C2.O=C1c2ccc(Cl)cc2CCc2cccnc21.OC1(c2nn[nH]n2)c2ccc(Cl)cc2CCc2cccnc21.c1nnn(CN2CCOCC2)n1. The lowest BCUT2D eigenvalue weighted by Crippen LogP contribution is -2.38. The normalized spacial score (nSPS) is 17.1. The number of benzene rings is 3. The quantitative estimate of drug-likeness (QED) is 0.164. The van der Waals surface area contributed by atoms with Crippen molar-refractivity contribution >= 4 is 40.6 Å². The van der Waals surface area contributed by atoms with Gasteiger partial charge in [0.25, 0.3) is 0 Å². The van der Waals surface area contributed by atoms with Crippen molar-refractivity contribution in [2.24, 2.45) is 0 Å². The van der Waals surface area contributed by atoms with Crippen LogP contribution in [0.2, 0.25) is 15.1 Å². The molecule has 2 saturated heterocycles. The third-order valence-electron chi connectivity index (χ3n) is 12.7. The van der Waals surface area contributed by atoms with Crippen LogP contribution in [0.4, 0.5) is 0 Å². The Labute approximate surface area is 437 Å². The highest BCUT2D eigenvalue weighted by atomic mass is 35.5. The van der Waals surface area contributed by atoms with Crippen LogP contribution in [0.25, 0.3) is 0 Å². The minimum atomic E-state index is -1.54. The van der Waals surface area contributed by atoms with Crippen molar-refractivity contribution in [2.45, 2.75) is 63.6 Å². The van der Waals surface area contributed by atoms with Crippen LogP contribution in [0, 0.1) is 11.8 Å². The van der Waals surface area contributed by atoms with Gasteiger partial charge in [0, 0.05) is 76.7 Å². The van der Waals surface area contributed by atoms with Gasteiger partial charge in [0.15, 0.2) is 11.9 Å². The number of aryl methyl sites for hydroxylation is 6. The van der Waals surface area contributed by atoms with Gasteiger partial charge in [-0.05, 0) is 163 Å². The molecule has 0 saturated carbocycles. The molecule has 73 heavy (non-hydrogen) atoms. The van der Waals surface area contributed by atoms with Gasteiger partial charge in [0.2, 0.25) is 11.6 Å². The van der Waals surface area contributed by atoms with E-state index in [0.717, 1.165) is 122 Å². The second-order valence-corrected chi connectivity index (χ2v) is 18.8. The predicted molar refractivity (Wildman–Crippen MR) is 275 cm³/mol. The molecule has 7 heterocycles. The fourth-order valence-corrected chi connectivity index (χ4v) is 9.57. The summed E-state index contributed by atoms with van der Waals surface area (Å²) in [5.41, 5.74) is 9.34. The lowest BCUT2D eigenvalue weighted by Gasteiger charge is -2.26. The van der Waals surface area contributed by atoms with Crippen LogP contribution in [0.1, 0.15) is 90.6 Å². The standard InChI is InChI=1S/C15H12ClN5O.C15H10ClN.C14H10ClNO.C6H11N5O.C4H8O/c16-11-5-6-12-10(8-11)4-3-9-2-1-7-17-13(9)15(12,22)14-18-20-21-19-14;16-14-7-5-11-6-8-15-12(2-1-9-17-15)3-4-13(11)10-14;15-11-5-6-12-10(8-11)4-3-9-2-1-7-16-13(9)14(12)17;1-3-12-4-2-10(1)6-11-8-5-7-9-11;1-2-4-5-3-1/h1-2,5-8,22H,3-4H2,(H,18,19,20,21);1-2,5,7,9-10H,3-4H2;1-2,5-8H,3-4H2;5H,1-4,6H2;1-4H2. The van der Waals surface area contributed by atoms with E-state index in [9.17, 15) is 9.90 Å². The number of nitrogens with one attached hydrogen (secondary N) is 1. The molecule has 372 valence electrons. The highest BCUT2D eigenvalue weighted by molar-refractivity contribution is 6.31. The van der Waals surface area contributed by atoms with E-state index in [2.05, 4.69) is 73.8 Å². The van der Waals surface area contributed by atoms with E-state index in [0.29, 0.717) is 33.7 Å². The summed E-state index contributed by atoms with van der Waals surface area (Å²) in [6.45, 7) is 6.20. The summed E-state index contributed by atoms with van der Waals surface area (Å²) in [4.78, 5) is 29.1. The first-order valence-corrected chi connectivity index (χ1v) is 25.2. The number of halogens is 3. The number of carbonyl (C=O) groups excluding carboxylic acids is 1. The first-order valence-electron chi connectivity index (χ1n) is 24.0. The van der Waals surface area contributed by atoms with E-state index in [1.54, 1.807) is 47.7 Å². The molecule has 5 aliphatic rings. The molecule has 5 aromatic heterocycles. The molecule has 3 aliphatic carbocycles. The molecule has 0 amide bonds. The molecule has 0 bridgehead atoms. The number of nitrogens with zero attached hydrogens (tertiary/aromatic N) is 11. The zero-order chi connectivity index (χ0) is 50.4. The Morgan fingerprint density at radius 2 is 1.30 bits per heavy atom. The molecule has 8 aromatic rings. The molecular formula is C54H51Cl3N12O4. The first-order chi connectivity index (χ1) is 35.7. The van der Waals surface area contributed by atoms with Crippen LogP contribution in [0.5, 0.6) is 0 Å². The fraction of sp³-hybridized carbons (Fsp3) is 0.296. The summed E-state index contributed by atoms with van der Waals surface area (Å²) >= 11 is 18.1. The lowest BCUT2D eigenvalue weighted by atomic mass is 9.86. The molecule has 2 N–H and O–H groups in total. The third-order valence-corrected chi connectivity index (χ3v) is 13.4. The number of pyridine rings is 3. The Hall–Kier alpha value is -6.81. The van der Waals surface area contributed by atoms with Gasteiger partial charge in [0.05, 0.1) is 18.9 Å². The van der Waals surface area contributed by atoms with Crippen molar-refractivity contribution in [3.63, 3.8) is 0 Å². The number of morpholine rings is 1. The summed E-state index contributed by atoms with van der Waals surface area (Å²) < 4.78 is 10.2. The monoisotopic (exact) mass is 1040 g/mol. The third kappa shape index (κ3) is 12.9. The Bertz CT molecular complexity index is 3190. The molecule has 0 spiro atoms. The van der Waals surface area contributed by atoms with E-state index in [1.165, 1.54) is 30.3 Å². The predicted octanol–water partition coefficient (Wildman–Crippen LogP) is 7.69. The number of tetrazole rings is 2. The minimum Gasteiger partial charge on any atom is -0.381 e. The second kappa shape index (κ2) is 24.7. The van der Waals surface area contributed by atoms with Gasteiger partial charge in [-0.3, -0.25) is 19.7 Å². The van der Waals surface area contributed by atoms with Crippen LogP contribution in [-0.2, 0) is 60.3 Å². The Morgan fingerprint density at radius 3 is 2.04 bits per heavy atom. The van der Waals surface area contributed by atoms with Gasteiger partial charge in [-0.15, -0.1) is 25.2 Å². The Balaban J connectivity index is 0.000000118. The number of aromatic nitrogens is 11. The van der Waals surface area contributed by atoms with Crippen molar-refractivity contribution in [2.75, 3.05) is 39.5 Å². The summed E-state index contributed by atoms with van der Waals surface area (Å²) in [6, 6.07) is 28.4. The number of hydrogen-bond acceptors (Lipinski definition) is 14. The molecule has 16 nitrogen and oxygen atoms in total. The van der Waals surface area contributed by atoms with Crippen molar-refractivity contribution < 1.29 is 19.4 Å². The minimum absolute atomic E-state index is 0.00441. The number of aliphatic hydroxyl groups is 1. The summed E-state index contributed by atoms with van der Waals surface area (Å²) in [7, 11) is 0. The Morgan fingerprint density at radius 1 is 0.671 bits per heavy atom. The van der Waals surface area contributed by atoms with Gasteiger partial charge < -0.3 is 14.6 Å². The fourth-order valence-electron chi connectivity index (χ4n) is 8.98. The maximum atomic E-state index is 12.3. The van der Waals surface area contributed by atoms with Crippen LogP contribution in [-0.4, -0.2) is 111 Å². The van der Waals surface area contributed by atoms with Crippen LogP contribution in [0.3, 0.4) is 0 Å². The largest absolute Gasteiger partial charge is 0.381 e. The van der Waals surface area contributed by atoms with E-state index in [4.69, 9.17) is 44.3 Å². The highest BCUT2D eigenvalue weighted by Gasteiger charge is 2.44. The molecule has 0 radical (unpaired) electrons. The number of carbonyl (C=O) groups is 1. The molecule has 2 aliphatic heterocycles. The van der Waals surface area contributed by atoms with Gasteiger partial charge >= 0.3 is 0 Å². The maximum Gasteiger partial charge on any atom is 0.216 e. The van der Waals surface area contributed by atoms with Crippen molar-refractivity contribution in [1.82, 2.24) is 60.7 Å². The van der Waals surface area contributed by atoms with E-state index in [1.807, 2.05) is 60.7 Å². The number of aromatic amines is 1. The highest BCUT2D eigenvalue weighted by Crippen LogP contribution is 2.40. The molecule has 1 atom stereocenters. The van der Waals surface area contributed by atoms with Crippen molar-refractivity contribution in [3.05, 3.63) is 204 Å². The summed E-state index contributed by atoms with van der Waals surface area (Å²) in [5, 5.41) is 38.9. The zero-order valence-electron chi connectivity index (χ0n) is 39.8. The second-order valence-electron chi connectivity index (χ2n) is 17.5. The summed E-state index contributed by atoms with van der Waals surface area (Å²) in [6.07, 6.45) is 14.2. The lowest BCUT2D eigenvalue weighted by molar-refractivity contribution is 0.0184. The van der Waals surface area contributed by atoms with Crippen molar-refractivity contribution in [3.8, 4) is 11.8 Å². The number of hydrogen-bond donors (Lipinski definition) is 2. The van der Waals surface area contributed by atoms with E-state index < -0.39 is 5.60 Å². The van der Waals surface area contributed by atoms with Crippen molar-refractivity contribution in [1.29, 1.82) is 0 Å². The first kappa shape index (κ1) is 51.1. The van der Waals surface area contributed by atoms with Crippen LogP contribution >= 0.6 is 34.8 Å². The van der Waals surface area contributed by atoms with Gasteiger partial charge in [-0.2, -0.15) is 5.21 Å². The number of ether oxygens (including phenoxy) is 2. The molecule has 1 unspecified atom stereocenters. The molecular weight excluding hydrogens is 987 g/mol. The molecule has 3 aromatic carbocycles. The zero-order valence-corrected chi connectivity index (χ0v) is 42.1. The van der Waals surface area contributed by atoms with Gasteiger partial charge in [0.1, 0.15) is 18.1 Å². The van der Waals surface area contributed by atoms with E-state index in [-0.39, 0.29) is 11.6 Å². The molecule has 2 fully saturated rings. The average Bonchev–Trinajstić information content (AvgIpc) is 4.26. The number of ketones is 1. The average molecular weight is 1040 g/mol. The smallest absolute Gasteiger partial charge is 0.216 e. The molecule has 13 rings (SSSR count). The topological polar surface area (TPSA) is 196 Å². The van der Waals surface area contributed by atoms with Crippen LogP contribution < -0.4 is 0 Å². The number of rotatable bonds is 3.